The van der Waals surface area contributed by atoms with Gasteiger partial charge in [0.25, 0.3) is 0 Å². The lowest BCUT2D eigenvalue weighted by molar-refractivity contribution is -0.126. The molecule has 2 nitrogen and oxygen atoms in total. The monoisotopic (exact) mass is 287 g/mol. The number of nitrogens with one attached hydrogen (secondary N) is 1. The summed E-state index contributed by atoms with van der Waals surface area (Å²) in [4.78, 5) is 12.3. The Bertz CT molecular complexity index is 255. The molecule has 0 aromatic carbocycles. The molecule has 1 saturated carbocycles. The normalized spacial score (nSPS) is 18.5. The highest BCUT2D eigenvalue weighted by atomic mass is 35.5. The van der Waals surface area contributed by atoms with Crippen molar-refractivity contribution in [2.75, 3.05) is 12.4 Å². The minimum absolute atomic E-state index is 0.165. The summed E-state index contributed by atoms with van der Waals surface area (Å²) in [6.45, 7) is 5.08. The Balaban J connectivity index is 2.45. The highest BCUT2D eigenvalue weighted by Crippen LogP contribution is 2.36. The number of hydrogen-bond acceptors (Lipinski definition) is 1. The highest BCUT2D eigenvalue weighted by Gasteiger charge is 2.32. The van der Waals surface area contributed by atoms with Crippen LogP contribution in [0.15, 0.2) is 0 Å². The molecular formula is C16H30ClNO. The Morgan fingerprint density at radius 3 is 2.21 bits per heavy atom. The van der Waals surface area contributed by atoms with E-state index in [4.69, 9.17) is 11.6 Å². The summed E-state index contributed by atoms with van der Waals surface area (Å²) in [6.07, 6.45) is 10.4. The Morgan fingerprint density at radius 2 is 1.74 bits per heavy atom. The van der Waals surface area contributed by atoms with Crippen LogP contribution >= 0.6 is 11.6 Å². The second kappa shape index (κ2) is 8.84. The summed E-state index contributed by atoms with van der Waals surface area (Å²) in [7, 11) is 0. The molecule has 0 aromatic heterocycles. The van der Waals surface area contributed by atoms with Crippen molar-refractivity contribution in [1.29, 1.82) is 0 Å². The van der Waals surface area contributed by atoms with Gasteiger partial charge in [-0.15, -0.1) is 11.6 Å². The smallest absolute Gasteiger partial charge is 0.223 e. The fraction of sp³-hybridized carbons (Fsp3) is 0.938. The second-order valence-electron chi connectivity index (χ2n) is 6.19. The molecule has 0 spiro atoms. The first-order valence-electron chi connectivity index (χ1n) is 8.01. The van der Waals surface area contributed by atoms with E-state index < -0.39 is 0 Å². The zero-order chi connectivity index (χ0) is 14.1. The van der Waals surface area contributed by atoms with Crippen LogP contribution in [0.4, 0.5) is 0 Å². The number of amides is 1. The van der Waals surface area contributed by atoms with Crippen LogP contribution in [0.3, 0.4) is 0 Å². The maximum Gasteiger partial charge on any atom is 0.223 e. The molecule has 0 radical (unpaired) electrons. The van der Waals surface area contributed by atoms with Gasteiger partial charge in [0.05, 0.1) is 0 Å². The molecule has 3 heteroatoms. The summed E-state index contributed by atoms with van der Waals surface area (Å²) < 4.78 is 0. The van der Waals surface area contributed by atoms with Crippen LogP contribution in [-0.2, 0) is 4.79 Å². The number of halogens is 1. The van der Waals surface area contributed by atoms with E-state index in [9.17, 15) is 4.79 Å². The third kappa shape index (κ3) is 5.33. The zero-order valence-electron chi connectivity index (χ0n) is 12.6. The predicted molar refractivity (Wildman–Crippen MR) is 82.6 cm³/mol. The molecule has 0 bridgehead atoms. The predicted octanol–water partition coefficient (Wildman–Crippen LogP) is 4.51. The van der Waals surface area contributed by atoms with Crippen molar-refractivity contribution in [3.8, 4) is 0 Å². The molecule has 1 N–H and O–H groups in total. The number of alkyl halides is 1. The first-order chi connectivity index (χ1) is 9.17. The van der Waals surface area contributed by atoms with E-state index in [1.807, 2.05) is 0 Å². The van der Waals surface area contributed by atoms with Crippen LogP contribution in [0.1, 0.15) is 71.6 Å². The van der Waals surface area contributed by atoms with Crippen LogP contribution in [0.25, 0.3) is 0 Å². The quantitative estimate of drug-likeness (QED) is 0.654. The Hall–Kier alpha value is -0.240. The third-order valence-electron chi connectivity index (χ3n) is 4.48. The molecule has 0 saturated heterocycles. The molecule has 19 heavy (non-hydrogen) atoms. The van der Waals surface area contributed by atoms with Gasteiger partial charge in [0.2, 0.25) is 5.91 Å². The molecule has 1 rings (SSSR count). The van der Waals surface area contributed by atoms with Crippen molar-refractivity contribution >= 4 is 17.5 Å². The largest absolute Gasteiger partial charge is 0.355 e. The van der Waals surface area contributed by atoms with Gasteiger partial charge in [-0.3, -0.25) is 4.79 Å². The fourth-order valence-electron chi connectivity index (χ4n) is 3.18. The fourth-order valence-corrected chi connectivity index (χ4v) is 3.54. The highest BCUT2D eigenvalue weighted by molar-refractivity contribution is 6.18. The molecule has 0 heterocycles. The minimum atomic E-state index is 0.165. The Labute approximate surface area is 123 Å². The van der Waals surface area contributed by atoms with Crippen molar-refractivity contribution in [2.45, 2.75) is 71.6 Å². The molecule has 112 valence electrons. The molecule has 0 unspecified atom stereocenters. The first-order valence-corrected chi connectivity index (χ1v) is 8.54. The summed E-state index contributed by atoms with van der Waals surface area (Å²) in [6, 6.07) is 0. The molecule has 1 aliphatic carbocycles. The van der Waals surface area contributed by atoms with Gasteiger partial charge in [0.1, 0.15) is 0 Å². The molecular weight excluding hydrogens is 258 g/mol. The van der Waals surface area contributed by atoms with Gasteiger partial charge in [-0.05, 0) is 25.7 Å². The third-order valence-corrected chi connectivity index (χ3v) is 5.05. The van der Waals surface area contributed by atoms with Gasteiger partial charge < -0.3 is 5.32 Å². The lowest BCUT2D eigenvalue weighted by Gasteiger charge is -2.36. The second-order valence-corrected chi connectivity index (χ2v) is 6.45. The van der Waals surface area contributed by atoms with E-state index >= 15 is 0 Å². The average Bonchev–Trinajstić information content (AvgIpc) is 2.45. The van der Waals surface area contributed by atoms with Gasteiger partial charge in [-0.1, -0.05) is 46.0 Å². The average molecular weight is 288 g/mol. The summed E-state index contributed by atoms with van der Waals surface area (Å²) in [5.74, 6) is 1.13. The van der Waals surface area contributed by atoms with E-state index in [0.29, 0.717) is 5.88 Å². The summed E-state index contributed by atoms with van der Waals surface area (Å²) in [5, 5.41) is 3.19. The molecule has 1 aliphatic rings. The SMILES string of the molecule is CCCC(CCC)C(=O)NCC1(CCl)CCCCC1. The Kier molecular flexibility index (Phi) is 7.82. The zero-order valence-corrected chi connectivity index (χ0v) is 13.4. The van der Waals surface area contributed by atoms with Crippen LogP contribution in [0.5, 0.6) is 0 Å². The number of hydrogen-bond donors (Lipinski definition) is 1. The Morgan fingerprint density at radius 1 is 1.16 bits per heavy atom. The molecule has 1 fully saturated rings. The van der Waals surface area contributed by atoms with Crippen molar-refractivity contribution in [2.24, 2.45) is 11.3 Å². The molecule has 0 aromatic rings. The summed E-state index contributed by atoms with van der Waals surface area (Å²) >= 11 is 6.17. The van der Waals surface area contributed by atoms with Crippen molar-refractivity contribution in [3.63, 3.8) is 0 Å². The standard InChI is InChI=1S/C16H30ClNO/c1-3-8-14(9-4-2)15(19)18-13-16(12-17)10-6-5-7-11-16/h14H,3-13H2,1-2H3,(H,18,19). The van der Waals surface area contributed by atoms with E-state index in [1.54, 1.807) is 0 Å². The maximum absolute atomic E-state index is 12.3. The van der Waals surface area contributed by atoms with Crippen molar-refractivity contribution in [1.82, 2.24) is 5.32 Å². The molecule has 1 amide bonds. The van der Waals surface area contributed by atoms with Gasteiger partial charge in [-0.2, -0.15) is 0 Å². The topological polar surface area (TPSA) is 29.1 Å². The maximum atomic E-state index is 12.3. The van der Waals surface area contributed by atoms with E-state index in [-0.39, 0.29) is 17.2 Å². The summed E-state index contributed by atoms with van der Waals surface area (Å²) in [5.41, 5.74) is 0.165. The molecule has 0 atom stereocenters. The van der Waals surface area contributed by atoms with Crippen LogP contribution in [0.2, 0.25) is 0 Å². The van der Waals surface area contributed by atoms with E-state index in [1.165, 1.54) is 32.1 Å². The van der Waals surface area contributed by atoms with Gasteiger partial charge >= 0.3 is 0 Å². The minimum Gasteiger partial charge on any atom is -0.355 e. The van der Waals surface area contributed by atoms with Gasteiger partial charge in [-0.25, -0.2) is 0 Å². The number of carbonyl (C=O) groups excluding carboxylic acids is 1. The van der Waals surface area contributed by atoms with Crippen LogP contribution in [-0.4, -0.2) is 18.3 Å². The van der Waals surface area contributed by atoms with Crippen LogP contribution < -0.4 is 5.32 Å². The van der Waals surface area contributed by atoms with Gasteiger partial charge in [0.15, 0.2) is 0 Å². The van der Waals surface area contributed by atoms with Crippen molar-refractivity contribution < 1.29 is 4.79 Å². The lowest BCUT2D eigenvalue weighted by Crippen LogP contribution is -2.42. The number of carbonyl (C=O) groups is 1. The van der Waals surface area contributed by atoms with Crippen LogP contribution in [0, 0.1) is 11.3 Å². The first kappa shape index (κ1) is 16.8. The van der Waals surface area contributed by atoms with Gasteiger partial charge in [0, 0.05) is 23.8 Å². The number of rotatable bonds is 8. The molecule has 0 aliphatic heterocycles. The van der Waals surface area contributed by atoms with Crippen molar-refractivity contribution in [3.05, 3.63) is 0 Å². The lowest BCUT2D eigenvalue weighted by atomic mass is 9.75. The van der Waals surface area contributed by atoms with E-state index in [2.05, 4.69) is 19.2 Å². The van der Waals surface area contributed by atoms with E-state index in [0.717, 1.165) is 32.2 Å².